The molecule has 4 heteroatoms. The normalized spacial score (nSPS) is 20.0. The molecule has 1 aliphatic rings. The molecular weight excluding hydrogens is 190 g/mol. The van der Waals surface area contributed by atoms with Gasteiger partial charge < -0.3 is 0 Å². The molecule has 80 valence electrons. The Morgan fingerprint density at radius 2 is 2.13 bits per heavy atom. The van der Waals surface area contributed by atoms with E-state index in [1.165, 1.54) is 0 Å². The first-order chi connectivity index (χ1) is 6.89. The summed E-state index contributed by atoms with van der Waals surface area (Å²) >= 11 is 0. The molecule has 2 heterocycles. The van der Waals surface area contributed by atoms with Gasteiger partial charge in [-0.1, -0.05) is 20.8 Å². The Bertz CT molecular complexity index is 420. The largest absolute Gasteiger partial charge is 0.358 e. The minimum atomic E-state index is -0.151. The van der Waals surface area contributed by atoms with Gasteiger partial charge >= 0.3 is 11.7 Å². The van der Waals surface area contributed by atoms with Gasteiger partial charge in [0.15, 0.2) is 6.04 Å². The van der Waals surface area contributed by atoms with Gasteiger partial charge in [-0.05, 0) is 6.92 Å². The molecule has 4 nitrogen and oxygen atoms in total. The van der Waals surface area contributed by atoms with Gasteiger partial charge in [-0.15, -0.1) is 0 Å². The molecule has 0 bridgehead atoms. The molecule has 0 aliphatic carbocycles. The minimum absolute atomic E-state index is 0.0336. The number of hydrogen-bond donors (Lipinski definition) is 1. The lowest BCUT2D eigenvalue weighted by Gasteiger charge is -2.15. The Morgan fingerprint density at radius 3 is 2.73 bits per heavy atom. The first-order valence-electron chi connectivity index (χ1n) is 5.12. The van der Waals surface area contributed by atoms with Crippen molar-refractivity contribution in [2.24, 2.45) is 0 Å². The van der Waals surface area contributed by atoms with Crippen LogP contribution in [-0.4, -0.2) is 16.9 Å². The quantitative estimate of drug-likeness (QED) is 0.647. The molecule has 2 rings (SSSR count). The van der Waals surface area contributed by atoms with Crippen LogP contribution in [0.15, 0.2) is 12.4 Å². The second-order valence-electron chi connectivity index (χ2n) is 4.98. The van der Waals surface area contributed by atoms with Crippen molar-refractivity contribution in [1.82, 2.24) is 4.98 Å². The summed E-state index contributed by atoms with van der Waals surface area (Å²) in [4.78, 5) is 16.1. The summed E-state index contributed by atoms with van der Waals surface area (Å²) in [5.41, 5.74) is 0.893. The Hall–Kier alpha value is -1.45. The zero-order valence-corrected chi connectivity index (χ0v) is 9.53. The van der Waals surface area contributed by atoms with Crippen molar-refractivity contribution in [2.75, 3.05) is 5.32 Å². The minimum Gasteiger partial charge on any atom is -0.259 e. The summed E-state index contributed by atoms with van der Waals surface area (Å²) < 4.78 is 1.65. The summed E-state index contributed by atoms with van der Waals surface area (Å²) in [6.07, 6.45) is 3.55. The number of nitrogens with zero attached hydrogens (tertiary/aromatic N) is 2. The molecule has 0 saturated heterocycles. The molecule has 0 fully saturated rings. The molecule has 1 atom stereocenters. The molecule has 0 spiro atoms. The maximum atomic E-state index is 11.7. The monoisotopic (exact) mass is 206 g/mol. The van der Waals surface area contributed by atoms with Gasteiger partial charge in [-0.3, -0.25) is 5.32 Å². The number of hydrogen-bond acceptors (Lipinski definition) is 3. The van der Waals surface area contributed by atoms with E-state index in [0.717, 1.165) is 11.5 Å². The fourth-order valence-corrected chi connectivity index (χ4v) is 1.59. The van der Waals surface area contributed by atoms with Gasteiger partial charge in [0, 0.05) is 5.41 Å². The van der Waals surface area contributed by atoms with Crippen molar-refractivity contribution >= 4 is 11.7 Å². The summed E-state index contributed by atoms with van der Waals surface area (Å²) in [5.74, 6) is 0.860. The first kappa shape index (κ1) is 10.1. The Balaban J connectivity index is 2.49. The highest BCUT2D eigenvalue weighted by atomic mass is 16.2. The molecule has 0 aromatic carbocycles. The van der Waals surface area contributed by atoms with Gasteiger partial charge in [0.25, 0.3) is 0 Å². The highest BCUT2D eigenvalue weighted by Gasteiger charge is 2.35. The lowest BCUT2D eigenvalue weighted by molar-refractivity contribution is -0.553. The van der Waals surface area contributed by atoms with Crippen molar-refractivity contribution in [1.29, 1.82) is 0 Å². The van der Waals surface area contributed by atoms with Crippen molar-refractivity contribution < 1.29 is 9.36 Å². The van der Waals surface area contributed by atoms with E-state index in [-0.39, 0.29) is 17.4 Å². The molecule has 0 saturated carbocycles. The number of rotatable bonds is 0. The van der Waals surface area contributed by atoms with E-state index in [1.807, 2.05) is 13.1 Å². The number of fused-ring (bicyclic) bond motifs is 1. The maximum Gasteiger partial charge on any atom is 0.358 e. The smallest absolute Gasteiger partial charge is 0.259 e. The number of anilines is 1. The average Bonchev–Trinajstić information content (AvgIpc) is 2.41. The summed E-state index contributed by atoms with van der Waals surface area (Å²) in [7, 11) is 0. The summed E-state index contributed by atoms with van der Waals surface area (Å²) in [6, 6.07) is -0.151. The SMILES string of the molecule is CC1Nc2cnc(C(C)(C)C)c[n+]2C1=O. The van der Waals surface area contributed by atoms with Crippen LogP contribution in [0.5, 0.6) is 0 Å². The Kier molecular flexibility index (Phi) is 2.03. The third-order valence-corrected chi connectivity index (χ3v) is 2.58. The van der Waals surface area contributed by atoms with Gasteiger partial charge in [-0.25, -0.2) is 9.78 Å². The number of aromatic nitrogens is 2. The molecule has 1 aromatic rings. The van der Waals surface area contributed by atoms with Crippen LogP contribution in [0.1, 0.15) is 38.2 Å². The highest BCUT2D eigenvalue weighted by molar-refractivity contribution is 5.80. The predicted molar refractivity (Wildman–Crippen MR) is 56.8 cm³/mol. The van der Waals surface area contributed by atoms with Crippen LogP contribution in [0.25, 0.3) is 0 Å². The summed E-state index contributed by atoms with van der Waals surface area (Å²) in [5, 5.41) is 3.08. The molecule has 15 heavy (non-hydrogen) atoms. The second kappa shape index (κ2) is 3.02. The number of carbonyl (C=O) groups is 1. The second-order valence-corrected chi connectivity index (χ2v) is 4.98. The van der Waals surface area contributed by atoms with Crippen molar-refractivity contribution in [2.45, 2.75) is 39.2 Å². The van der Waals surface area contributed by atoms with Crippen LogP contribution in [0.4, 0.5) is 5.82 Å². The topological polar surface area (TPSA) is 45.9 Å². The molecule has 1 N–H and O–H groups in total. The third-order valence-electron chi connectivity index (χ3n) is 2.58. The average molecular weight is 206 g/mol. The zero-order chi connectivity index (χ0) is 11.2. The fourth-order valence-electron chi connectivity index (χ4n) is 1.59. The van der Waals surface area contributed by atoms with E-state index in [2.05, 4.69) is 31.1 Å². The predicted octanol–water partition coefficient (Wildman–Crippen LogP) is 1.12. The highest BCUT2D eigenvalue weighted by Crippen LogP contribution is 2.20. The van der Waals surface area contributed by atoms with Gasteiger partial charge in [0.1, 0.15) is 12.4 Å². The van der Waals surface area contributed by atoms with Crippen LogP contribution in [-0.2, 0) is 5.41 Å². The van der Waals surface area contributed by atoms with Gasteiger partial charge in [0.2, 0.25) is 0 Å². The molecule has 1 aromatic heterocycles. The lowest BCUT2D eigenvalue weighted by Crippen LogP contribution is -2.43. The van der Waals surface area contributed by atoms with Gasteiger partial charge in [0.05, 0.1) is 5.69 Å². The van der Waals surface area contributed by atoms with E-state index >= 15 is 0 Å². The van der Waals surface area contributed by atoms with Crippen molar-refractivity contribution in [3.8, 4) is 0 Å². The number of carbonyl (C=O) groups excluding carboxylic acids is 1. The van der Waals surface area contributed by atoms with E-state index < -0.39 is 0 Å². The molecular formula is C11H16N3O+. The zero-order valence-electron chi connectivity index (χ0n) is 9.53. The maximum absolute atomic E-state index is 11.7. The molecule has 1 unspecified atom stereocenters. The van der Waals surface area contributed by atoms with Crippen LogP contribution < -0.4 is 9.88 Å². The lowest BCUT2D eigenvalue weighted by atomic mass is 9.93. The molecule has 0 radical (unpaired) electrons. The Morgan fingerprint density at radius 1 is 1.47 bits per heavy atom. The van der Waals surface area contributed by atoms with E-state index in [1.54, 1.807) is 10.8 Å². The first-order valence-corrected chi connectivity index (χ1v) is 5.12. The van der Waals surface area contributed by atoms with Crippen molar-refractivity contribution in [3.05, 3.63) is 18.1 Å². The summed E-state index contributed by atoms with van der Waals surface area (Å²) in [6.45, 7) is 8.10. The third kappa shape index (κ3) is 1.60. The number of nitrogens with one attached hydrogen (secondary N) is 1. The van der Waals surface area contributed by atoms with Crippen LogP contribution >= 0.6 is 0 Å². The van der Waals surface area contributed by atoms with Crippen LogP contribution in [0, 0.1) is 0 Å². The van der Waals surface area contributed by atoms with Crippen LogP contribution in [0.2, 0.25) is 0 Å². The van der Waals surface area contributed by atoms with E-state index in [0.29, 0.717) is 0 Å². The van der Waals surface area contributed by atoms with E-state index in [4.69, 9.17) is 0 Å². The molecule has 1 aliphatic heterocycles. The van der Waals surface area contributed by atoms with Crippen LogP contribution in [0.3, 0.4) is 0 Å². The van der Waals surface area contributed by atoms with Crippen molar-refractivity contribution in [3.63, 3.8) is 0 Å². The Labute approximate surface area is 89.3 Å². The van der Waals surface area contributed by atoms with E-state index in [9.17, 15) is 4.79 Å². The standard InChI is InChI=1S/C11H15N3O/c1-7-10(15)14-6-8(11(2,3)4)12-5-9(14)13-7/h5-7H,1-4H3/p+1. The fraction of sp³-hybridized carbons (Fsp3) is 0.545. The van der Waals surface area contributed by atoms with Gasteiger partial charge in [-0.2, -0.15) is 4.57 Å². The molecule has 0 amide bonds.